The number of para-hydroxylation sites is 1. The lowest BCUT2D eigenvalue weighted by Crippen LogP contribution is -2.49. The van der Waals surface area contributed by atoms with Gasteiger partial charge < -0.3 is 15.0 Å². The van der Waals surface area contributed by atoms with Crippen molar-refractivity contribution in [1.29, 1.82) is 0 Å². The SMILES string of the molecule is O=C(Oc1ccccc1)N1CCNC(c2ccc(I)cc2)C1. The number of rotatable bonds is 2. The zero-order valence-electron chi connectivity index (χ0n) is 12.0. The number of carbonyl (C=O) groups is 1. The lowest BCUT2D eigenvalue weighted by atomic mass is 10.1. The van der Waals surface area contributed by atoms with Crippen LogP contribution >= 0.6 is 22.6 Å². The van der Waals surface area contributed by atoms with Crippen LogP contribution in [0.5, 0.6) is 5.75 Å². The molecular weight excluding hydrogens is 391 g/mol. The third-order valence-corrected chi connectivity index (χ3v) is 4.37. The molecule has 0 spiro atoms. The fourth-order valence-corrected chi connectivity index (χ4v) is 2.85. The quantitative estimate of drug-likeness (QED) is 0.775. The van der Waals surface area contributed by atoms with Crippen molar-refractivity contribution in [3.63, 3.8) is 0 Å². The van der Waals surface area contributed by atoms with Crippen LogP contribution in [0.15, 0.2) is 54.6 Å². The van der Waals surface area contributed by atoms with E-state index in [1.807, 2.05) is 18.2 Å². The maximum atomic E-state index is 12.3. The first-order chi connectivity index (χ1) is 10.7. The first kappa shape index (κ1) is 15.3. The minimum absolute atomic E-state index is 0.147. The Morgan fingerprint density at radius 1 is 1.14 bits per heavy atom. The van der Waals surface area contributed by atoms with E-state index in [1.54, 1.807) is 17.0 Å². The van der Waals surface area contributed by atoms with Crippen molar-refractivity contribution < 1.29 is 9.53 Å². The molecular formula is C17H17IN2O2. The average molecular weight is 408 g/mol. The van der Waals surface area contributed by atoms with E-state index in [0.717, 1.165) is 6.54 Å². The monoisotopic (exact) mass is 408 g/mol. The highest BCUT2D eigenvalue weighted by Crippen LogP contribution is 2.20. The molecule has 0 radical (unpaired) electrons. The molecule has 1 N–H and O–H groups in total. The van der Waals surface area contributed by atoms with Crippen molar-refractivity contribution in [1.82, 2.24) is 10.2 Å². The fraction of sp³-hybridized carbons (Fsp3) is 0.235. The summed E-state index contributed by atoms with van der Waals surface area (Å²) in [6.45, 7) is 2.04. The van der Waals surface area contributed by atoms with Gasteiger partial charge >= 0.3 is 6.09 Å². The Morgan fingerprint density at radius 3 is 2.59 bits per heavy atom. The van der Waals surface area contributed by atoms with E-state index < -0.39 is 0 Å². The van der Waals surface area contributed by atoms with Gasteiger partial charge in [-0.1, -0.05) is 30.3 Å². The molecule has 1 fully saturated rings. The molecule has 5 heteroatoms. The number of halogens is 1. The van der Waals surface area contributed by atoms with Crippen LogP contribution in [-0.4, -0.2) is 30.6 Å². The molecule has 114 valence electrons. The Labute approximate surface area is 143 Å². The van der Waals surface area contributed by atoms with Gasteiger partial charge in [0.05, 0.1) is 6.04 Å². The van der Waals surface area contributed by atoms with Gasteiger partial charge in [-0.25, -0.2) is 4.79 Å². The zero-order chi connectivity index (χ0) is 15.4. The van der Waals surface area contributed by atoms with E-state index in [1.165, 1.54) is 9.13 Å². The van der Waals surface area contributed by atoms with Crippen molar-refractivity contribution in [2.45, 2.75) is 6.04 Å². The largest absolute Gasteiger partial charge is 0.415 e. The summed E-state index contributed by atoms with van der Waals surface area (Å²) in [7, 11) is 0. The molecule has 4 nitrogen and oxygen atoms in total. The first-order valence-electron chi connectivity index (χ1n) is 7.23. The Balaban J connectivity index is 1.65. The number of ether oxygens (including phenoxy) is 1. The molecule has 1 aliphatic heterocycles. The molecule has 3 rings (SSSR count). The van der Waals surface area contributed by atoms with E-state index in [2.05, 4.69) is 52.2 Å². The molecule has 1 atom stereocenters. The second-order valence-electron chi connectivity index (χ2n) is 5.19. The van der Waals surface area contributed by atoms with Gasteiger partial charge in [0, 0.05) is 23.2 Å². The van der Waals surface area contributed by atoms with Gasteiger partial charge in [0.1, 0.15) is 5.75 Å². The topological polar surface area (TPSA) is 41.6 Å². The molecule has 22 heavy (non-hydrogen) atoms. The highest BCUT2D eigenvalue weighted by molar-refractivity contribution is 14.1. The molecule has 1 aliphatic rings. The molecule has 2 aromatic carbocycles. The lowest BCUT2D eigenvalue weighted by Gasteiger charge is -2.33. The minimum Gasteiger partial charge on any atom is -0.410 e. The second kappa shape index (κ2) is 7.11. The number of amides is 1. The molecule has 2 aromatic rings. The van der Waals surface area contributed by atoms with Crippen molar-refractivity contribution in [3.05, 3.63) is 63.7 Å². The number of carbonyl (C=O) groups excluding carboxylic acids is 1. The summed E-state index contributed by atoms with van der Waals surface area (Å²) in [4.78, 5) is 14.0. The summed E-state index contributed by atoms with van der Waals surface area (Å²) in [5, 5.41) is 3.45. The van der Waals surface area contributed by atoms with Crippen LogP contribution in [-0.2, 0) is 0 Å². The van der Waals surface area contributed by atoms with Crippen LogP contribution in [0.2, 0.25) is 0 Å². The predicted molar refractivity (Wildman–Crippen MR) is 93.9 cm³/mol. The number of hydrogen-bond acceptors (Lipinski definition) is 3. The van der Waals surface area contributed by atoms with Crippen molar-refractivity contribution in [3.8, 4) is 5.75 Å². The number of nitrogens with one attached hydrogen (secondary N) is 1. The third-order valence-electron chi connectivity index (χ3n) is 3.65. The molecule has 0 aromatic heterocycles. The number of nitrogens with zero attached hydrogens (tertiary/aromatic N) is 1. The van der Waals surface area contributed by atoms with E-state index in [4.69, 9.17) is 4.74 Å². The third kappa shape index (κ3) is 3.78. The van der Waals surface area contributed by atoms with Gasteiger partial charge in [-0.05, 0) is 52.4 Å². The standard InChI is InChI=1S/C17H17IN2O2/c18-14-8-6-13(7-9-14)16-12-20(11-10-19-16)17(21)22-15-4-2-1-3-5-15/h1-9,16,19H,10-12H2. The van der Waals surface area contributed by atoms with Crippen LogP contribution < -0.4 is 10.1 Å². The van der Waals surface area contributed by atoms with Crippen LogP contribution in [0.1, 0.15) is 11.6 Å². The van der Waals surface area contributed by atoms with Gasteiger partial charge in [0.25, 0.3) is 0 Å². The Morgan fingerprint density at radius 2 is 1.86 bits per heavy atom. The maximum absolute atomic E-state index is 12.3. The van der Waals surface area contributed by atoms with E-state index >= 15 is 0 Å². The normalized spacial score (nSPS) is 18.0. The Hall–Kier alpha value is -1.60. The molecule has 1 amide bonds. The number of piperazine rings is 1. The van der Waals surface area contributed by atoms with E-state index in [9.17, 15) is 4.79 Å². The highest BCUT2D eigenvalue weighted by Gasteiger charge is 2.25. The van der Waals surface area contributed by atoms with Crippen LogP contribution in [0.4, 0.5) is 4.79 Å². The molecule has 1 saturated heterocycles. The highest BCUT2D eigenvalue weighted by atomic mass is 127. The van der Waals surface area contributed by atoms with Crippen molar-refractivity contribution in [2.75, 3.05) is 19.6 Å². The fourth-order valence-electron chi connectivity index (χ4n) is 2.49. The van der Waals surface area contributed by atoms with Gasteiger partial charge in [0.15, 0.2) is 0 Å². The molecule has 0 bridgehead atoms. The van der Waals surface area contributed by atoms with Gasteiger partial charge in [-0.15, -0.1) is 0 Å². The van der Waals surface area contributed by atoms with Crippen molar-refractivity contribution >= 4 is 28.7 Å². The Bertz CT molecular complexity index is 631. The van der Waals surface area contributed by atoms with Gasteiger partial charge in [-0.2, -0.15) is 0 Å². The summed E-state index contributed by atoms with van der Waals surface area (Å²) >= 11 is 2.29. The average Bonchev–Trinajstić information content (AvgIpc) is 2.56. The number of benzene rings is 2. The zero-order valence-corrected chi connectivity index (χ0v) is 14.2. The van der Waals surface area contributed by atoms with Gasteiger partial charge in [0.2, 0.25) is 0 Å². The smallest absolute Gasteiger partial charge is 0.410 e. The lowest BCUT2D eigenvalue weighted by molar-refractivity contribution is 0.135. The van der Waals surface area contributed by atoms with Crippen LogP contribution in [0, 0.1) is 3.57 Å². The van der Waals surface area contributed by atoms with Crippen LogP contribution in [0.25, 0.3) is 0 Å². The summed E-state index contributed by atoms with van der Waals surface area (Å²) in [6, 6.07) is 17.7. The Kier molecular flexibility index (Phi) is 4.94. The summed E-state index contributed by atoms with van der Waals surface area (Å²) in [6.07, 6.45) is -0.289. The predicted octanol–water partition coefficient (Wildman–Crippen LogP) is 3.44. The molecule has 1 unspecified atom stereocenters. The maximum Gasteiger partial charge on any atom is 0.415 e. The molecule has 1 heterocycles. The molecule has 0 saturated carbocycles. The number of hydrogen-bond donors (Lipinski definition) is 1. The van der Waals surface area contributed by atoms with E-state index in [-0.39, 0.29) is 12.1 Å². The summed E-state index contributed by atoms with van der Waals surface area (Å²) in [5.41, 5.74) is 1.19. The van der Waals surface area contributed by atoms with Crippen molar-refractivity contribution in [2.24, 2.45) is 0 Å². The minimum atomic E-state index is -0.289. The second-order valence-corrected chi connectivity index (χ2v) is 6.43. The summed E-state index contributed by atoms with van der Waals surface area (Å²) < 4.78 is 6.62. The summed E-state index contributed by atoms with van der Waals surface area (Å²) in [5.74, 6) is 0.580. The van der Waals surface area contributed by atoms with E-state index in [0.29, 0.717) is 18.8 Å². The first-order valence-corrected chi connectivity index (χ1v) is 8.31. The van der Waals surface area contributed by atoms with Crippen LogP contribution in [0.3, 0.4) is 0 Å². The van der Waals surface area contributed by atoms with Gasteiger partial charge in [-0.3, -0.25) is 0 Å². The molecule has 0 aliphatic carbocycles.